The zero-order valence-corrected chi connectivity index (χ0v) is 17.0. The second kappa shape index (κ2) is 7.70. The van der Waals surface area contributed by atoms with Crippen LogP contribution in [0.25, 0.3) is 16.3 Å². The molecule has 0 bridgehead atoms. The van der Waals surface area contributed by atoms with Crippen LogP contribution in [0.5, 0.6) is 0 Å². The average molecular weight is 415 g/mol. The number of hydrogen-bond acceptors (Lipinski definition) is 4. The molecule has 2 N–H and O–H groups in total. The van der Waals surface area contributed by atoms with Crippen molar-refractivity contribution in [1.82, 2.24) is 14.7 Å². The fraction of sp³-hybridized carbons (Fsp3) is 0.333. The number of amides is 1. The summed E-state index contributed by atoms with van der Waals surface area (Å²) >= 11 is 1.61. The Morgan fingerprint density at radius 1 is 1.11 bits per heavy atom. The molecule has 28 heavy (non-hydrogen) atoms. The Morgan fingerprint density at radius 3 is 2.64 bits per heavy atom. The summed E-state index contributed by atoms with van der Waals surface area (Å²) in [6, 6.07) is 14.2. The van der Waals surface area contributed by atoms with Crippen molar-refractivity contribution in [1.29, 1.82) is 0 Å². The first kappa shape index (κ1) is 19.2. The van der Waals surface area contributed by atoms with Gasteiger partial charge in [-0.2, -0.15) is 5.10 Å². The van der Waals surface area contributed by atoms with Crippen LogP contribution in [-0.2, 0) is 0 Å². The van der Waals surface area contributed by atoms with Crippen LogP contribution < -0.4 is 5.73 Å². The number of hydrogen-bond donors (Lipinski definition) is 1. The van der Waals surface area contributed by atoms with Crippen LogP contribution in [0.3, 0.4) is 0 Å². The van der Waals surface area contributed by atoms with Crippen LogP contribution in [0.15, 0.2) is 54.0 Å². The van der Waals surface area contributed by atoms with Gasteiger partial charge in [0.2, 0.25) is 0 Å². The third-order valence-electron chi connectivity index (χ3n) is 5.92. The second-order valence-electron chi connectivity index (χ2n) is 7.52. The molecular formula is C21H23ClN4OS. The van der Waals surface area contributed by atoms with Gasteiger partial charge < -0.3 is 10.6 Å². The Morgan fingerprint density at radius 2 is 1.93 bits per heavy atom. The highest BCUT2D eigenvalue weighted by atomic mass is 35.5. The van der Waals surface area contributed by atoms with Crippen LogP contribution in [-0.4, -0.2) is 39.7 Å². The largest absolute Gasteiger partial charge is 0.338 e. The maximum Gasteiger partial charge on any atom is 0.257 e. The standard InChI is InChI=1S/C21H22N4OS.ClH/c22-18-9-8-14-11-24(12-16(14)18)21(26)17-13-25(15-5-2-1-3-6-15)23-20(17)19-7-4-10-27-19;/h1-7,10,13-14,16,18H,8-9,11-12,22H2;1H. The summed E-state index contributed by atoms with van der Waals surface area (Å²) < 4.78 is 1.81. The van der Waals surface area contributed by atoms with Crippen molar-refractivity contribution in [2.75, 3.05) is 13.1 Å². The summed E-state index contributed by atoms with van der Waals surface area (Å²) in [5.41, 5.74) is 8.65. The topological polar surface area (TPSA) is 64.2 Å². The Labute approximate surface area is 174 Å². The van der Waals surface area contributed by atoms with E-state index in [2.05, 4.69) is 0 Å². The number of nitrogens with zero attached hydrogens (tertiary/aromatic N) is 3. The van der Waals surface area contributed by atoms with Crippen molar-refractivity contribution in [3.05, 3.63) is 59.6 Å². The molecular weight excluding hydrogens is 392 g/mol. The van der Waals surface area contributed by atoms with Gasteiger partial charge >= 0.3 is 0 Å². The fourth-order valence-corrected chi connectivity index (χ4v) is 5.21. The third-order valence-corrected chi connectivity index (χ3v) is 6.80. The molecule has 2 aliphatic rings. The Bertz CT molecular complexity index is 956. The molecule has 3 unspecified atom stereocenters. The Kier molecular flexibility index (Phi) is 5.27. The number of fused-ring (bicyclic) bond motifs is 1. The molecule has 3 aromatic rings. The molecule has 2 aromatic heterocycles. The van der Waals surface area contributed by atoms with Gasteiger partial charge in [-0.3, -0.25) is 4.79 Å². The first-order chi connectivity index (χ1) is 13.2. The summed E-state index contributed by atoms with van der Waals surface area (Å²) in [5.74, 6) is 1.07. The van der Waals surface area contributed by atoms with Crippen molar-refractivity contribution < 1.29 is 4.79 Å². The molecule has 1 amide bonds. The van der Waals surface area contributed by atoms with Gasteiger partial charge in [0.1, 0.15) is 5.69 Å². The zero-order valence-electron chi connectivity index (χ0n) is 15.4. The molecule has 5 nitrogen and oxygen atoms in total. The molecule has 5 rings (SSSR count). The van der Waals surface area contributed by atoms with Gasteiger partial charge in [0.05, 0.1) is 16.1 Å². The maximum absolute atomic E-state index is 13.4. The molecule has 3 atom stereocenters. The lowest BCUT2D eigenvalue weighted by Crippen LogP contribution is -2.33. The van der Waals surface area contributed by atoms with E-state index in [9.17, 15) is 4.79 Å². The minimum absolute atomic E-state index is 0. The monoisotopic (exact) mass is 414 g/mol. The number of benzene rings is 1. The van der Waals surface area contributed by atoms with Crippen molar-refractivity contribution >= 4 is 29.7 Å². The maximum atomic E-state index is 13.4. The lowest BCUT2D eigenvalue weighted by Gasteiger charge is -2.18. The number of thiophene rings is 1. The summed E-state index contributed by atoms with van der Waals surface area (Å²) in [5, 5.41) is 6.78. The first-order valence-corrected chi connectivity index (χ1v) is 10.3. The van der Waals surface area contributed by atoms with Crippen LogP contribution in [0, 0.1) is 11.8 Å². The number of carbonyl (C=O) groups excluding carboxylic acids is 1. The zero-order chi connectivity index (χ0) is 18.4. The lowest BCUT2D eigenvalue weighted by molar-refractivity contribution is 0.0780. The number of para-hydroxylation sites is 1. The second-order valence-corrected chi connectivity index (χ2v) is 8.47. The highest BCUT2D eigenvalue weighted by Crippen LogP contribution is 2.38. The highest BCUT2D eigenvalue weighted by Gasteiger charge is 2.43. The minimum atomic E-state index is 0. The van der Waals surface area contributed by atoms with Crippen LogP contribution >= 0.6 is 23.7 Å². The van der Waals surface area contributed by atoms with Gasteiger partial charge in [0, 0.05) is 25.3 Å². The number of halogens is 1. The van der Waals surface area contributed by atoms with E-state index >= 15 is 0 Å². The smallest absolute Gasteiger partial charge is 0.257 e. The highest BCUT2D eigenvalue weighted by molar-refractivity contribution is 7.13. The van der Waals surface area contributed by atoms with E-state index < -0.39 is 0 Å². The first-order valence-electron chi connectivity index (χ1n) is 9.44. The van der Waals surface area contributed by atoms with Gasteiger partial charge in [-0.1, -0.05) is 24.3 Å². The molecule has 1 aliphatic heterocycles. The molecule has 2 fully saturated rings. The molecule has 7 heteroatoms. The minimum Gasteiger partial charge on any atom is -0.338 e. The fourth-order valence-electron chi connectivity index (χ4n) is 4.48. The van der Waals surface area contributed by atoms with Crippen molar-refractivity contribution in [3.63, 3.8) is 0 Å². The molecule has 1 aliphatic carbocycles. The van der Waals surface area contributed by atoms with E-state index in [4.69, 9.17) is 10.8 Å². The summed E-state index contributed by atoms with van der Waals surface area (Å²) in [7, 11) is 0. The SMILES string of the molecule is Cl.NC1CCC2CN(C(=O)c3cn(-c4ccccc4)nc3-c3cccs3)CC12. The molecule has 1 saturated heterocycles. The van der Waals surface area contributed by atoms with Crippen LogP contribution in [0.2, 0.25) is 0 Å². The van der Waals surface area contributed by atoms with Crippen molar-refractivity contribution in [2.24, 2.45) is 17.6 Å². The molecule has 146 valence electrons. The van der Waals surface area contributed by atoms with Crippen molar-refractivity contribution in [3.8, 4) is 16.3 Å². The Hall–Kier alpha value is -2.15. The van der Waals surface area contributed by atoms with Crippen LogP contribution in [0.4, 0.5) is 0 Å². The number of carbonyl (C=O) groups is 1. The normalized spacial score (nSPS) is 23.5. The van der Waals surface area contributed by atoms with E-state index in [1.807, 2.05) is 63.6 Å². The summed E-state index contributed by atoms with van der Waals surface area (Å²) in [6.07, 6.45) is 4.10. The molecule has 3 heterocycles. The number of aromatic nitrogens is 2. The third kappa shape index (κ3) is 3.26. The van der Waals surface area contributed by atoms with E-state index in [1.54, 1.807) is 11.3 Å². The van der Waals surface area contributed by atoms with E-state index in [0.717, 1.165) is 42.2 Å². The number of nitrogens with two attached hydrogens (primary N) is 1. The quantitative estimate of drug-likeness (QED) is 0.708. The van der Waals surface area contributed by atoms with Gasteiger partial charge in [-0.25, -0.2) is 4.68 Å². The predicted molar refractivity (Wildman–Crippen MR) is 114 cm³/mol. The lowest BCUT2D eigenvalue weighted by atomic mass is 9.98. The van der Waals surface area contributed by atoms with Gasteiger partial charge in [-0.15, -0.1) is 23.7 Å². The molecule has 0 radical (unpaired) electrons. The average Bonchev–Trinajstić information content (AvgIpc) is 3.47. The van der Waals surface area contributed by atoms with Gasteiger partial charge in [0.15, 0.2) is 0 Å². The Balaban J connectivity index is 0.00000192. The van der Waals surface area contributed by atoms with E-state index in [-0.39, 0.29) is 24.4 Å². The van der Waals surface area contributed by atoms with E-state index in [1.165, 1.54) is 0 Å². The summed E-state index contributed by atoms with van der Waals surface area (Å²) in [4.78, 5) is 16.4. The molecule has 1 saturated carbocycles. The van der Waals surface area contributed by atoms with E-state index in [0.29, 0.717) is 17.4 Å². The van der Waals surface area contributed by atoms with Gasteiger partial charge in [-0.05, 0) is 48.3 Å². The summed E-state index contributed by atoms with van der Waals surface area (Å²) in [6.45, 7) is 1.59. The molecule has 1 aromatic carbocycles. The number of rotatable bonds is 3. The van der Waals surface area contributed by atoms with Crippen molar-refractivity contribution in [2.45, 2.75) is 18.9 Å². The predicted octanol–water partition coefficient (Wildman–Crippen LogP) is 3.83. The van der Waals surface area contributed by atoms with Gasteiger partial charge in [0.25, 0.3) is 5.91 Å². The van der Waals surface area contributed by atoms with Crippen LogP contribution in [0.1, 0.15) is 23.2 Å². The molecule has 0 spiro atoms. The number of likely N-dealkylation sites (tertiary alicyclic amines) is 1.